The summed E-state index contributed by atoms with van der Waals surface area (Å²) in [5.41, 5.74) is 0. The summed E-state index contributed by atoms with van der Waals surface area (Å²) in [6.45, 7) is 2.66. The molecule has 0 aromatic carbocycles. The van der Waals surface area contributed by atoms with Gasteiger partial charge in [-0.05, 0) is 25.7 Å². The Morgan fingerprint density at radius 2 is 2.43 bits per heavy atom. The van der Waals surface area contributed by atoms with E-state index in [1.165, 1.54) is 0 Å². The van der Waals surface area contributed by atoms with E-state index in [4.69, 9.17) is 14.6 Å². The molecule has 1 aliphatic heterocycles. The van der Waals surface area contributed by atoms with Crippen LogP contribution in [0.15, 0.2) is 0 Å². The van der Waals surface area contributed by atoms with E-state index >= 15 is 0 Å². The van der Waals surface area contributed by atoms with Gasteiger partial charge in [0.2, 0.25) is 0 Å². The molecule has 14 heavy (non-hydrogen) atoms. The van der Waals surface area contributed by atoms with Gasteiger partial charge in [-0.25, -0.2) is 0 Å². The lowest BCUT2D eigenvalue weighted by Crippen LogP contribution is -2.29. The first-order valence-electron chi connectivity index (χ1n) is 5.21. The van der Waals surface area contributed by atoms with Crippen LogP contribution in [0.5, 0.6) is 0 Å². The number of hydrogen-bond donors (Lipinski definition) is 1. The first-order valence-corrected chi connectivity index (χ1v) is 5.21. The summed E-state index contributed by atoms with van der Waals surface area (Å²) in [4.78, 5) is 10.5. The van der Waals surface area contributed by atoms with Gasteiger partial charge < -0.3 is 14.6 Å². The van der Waals surface area contributed by atoms with Crippen molar-refractivity contribution in [2.45, 2.75) is 51.4 Å². The van der Waals surface area contributed by atoms with E-state index in [9.17, 15) is 4.79 Å². The molecule has 4 nitrogen and oxygen atoms in total. The van der Waals surface area contributed by atoms with Crippen molar-refractivity contribution in [1.82, 2.24) is 0 Å². The van der Waals surface area contributed by atoms with Crippen molar-refractivity contribution in [2.75, 3.05) is 6.61 Å². The van der Waals surface area contributed by atoms with E-state index < -0.39 is 5.97 Å². The summed E-state index contributed by atoms with van der Waals surface area (Å²) in [6.07, 6.45) is 3.45. The maximum absolute atomic E-state index is 10.5. The molecule has 1 heterocycles. The fraction of sp³-hybridized carbons (Fsp3) is 0.900. The quantitative estimate of drug-likeness (QED) is 0.738. The van der Waals surface area contributed by atoms with Crippen molar-refractivity contribution in [2.24, 2.45) is 0 Å². The molecular weight excluding hydrogens is 184 g/mol. The van der Waals surface area contributed by atoms with Crippen molar-refractivity contribution in [3.8, 4) is 0 Å². The molecule has 0 aromatic heterocycles. The molecule has 82 valence electrons. The van der Waals surface area contributed by atoms with Crippen LogP contribution in [0.3, 0.4) is 0 Å². The van der Waals surface area contributed by atoms with Gasteiger partial charge in [0.05, 0.1) is 12.5 Å². The number of rotatable bonds is 5. The summed E-state index contributed by atoms with van der Waals surface area (Å²) >= 11 is 0. The zero-order valence-corrected chi connectivity index (χ0v) is 8.57. The van der Waals surface area contributed by atoms with Crippen LogP contribution in [0.1, 0.15) is 39.0 Å². The van der Waals surface area contributed by atoms with Crippen LogP contribution >= 0.6 is 0 Å². The summed E-state index contributed by atoms with van der Waals surface area (Å²) in [6, 6.07) is 0. The number of carbonyl (C=O) groups is 1. The largest absolute Gasteiger partial charge is 0.481 e. The molecule has 1 rings (SSSR count). The molecule has 1 N–H and O–H groups in total. The minimum Gasteiger partial charge on any atom is -0.481 e. The van der Waals surface area contributed by atoms with E-state index in [1.54, 1.807) is 0 Å². The van der Waals surface area contributed by atoms with E-state index in [2.05, 4.69) is 0 Å². The van der Waals surface area contributed by atoms with Gasteiger partial charge in [-0.15, -0.1) is 0 Å². The van der Waals surface area contributed by atoms with Gasteiger partial charge in [0.15, 0.2) is 6.29 Å². The predicted molar refractivity (Wildman–Crippen MR) is 51.0 cm³/mol. The zero-order valence-electron chi connectivity index (χ0n) is 8.57. The van der Waals surface area contributed by atoms with Gasteiger partial charge in [0.1, 0.15) is 0 Å². The molecule has 0 saturated carbocycles. The van der Waals surface area contributed by atoms with Crippen LogP contribution in [0.25, 0.3) is 0 Å². The topological polar surface area (TPSA) is 55.8 Å². The molecule has 1 fully saturated rings. The fourth-order valence-electron chi connectivity index (χ4n) is 1.52. The molecule has 1 aliphatic rings. The molecule has 2 unspecified atom stereocenters. The summed E-state index contributed by atoms with van der Waals surface area (Å²) in [7, 11) is 0. The standard InChI is InChI=1S/C10H18O4/c1-2-8(7-9(11)12)14-10-5-3-4-6-13-10/h8,10H,2-7H2,1H3,(H,11,12). The lowest BCUT2D eigenvalue weighted by molar-refractivity contribution is -0.192. The SMILES string of the molecule is CCC(CC(=O)O)OC1CCCCO1. The van der Waals surface area contributed by atoms with Gasteiger partial charge >= 0.3 is 5.97 Å². The summed E-state index contributed by atoms with van der Waals surface area (Å²) in [5.74, 6) is -0.812. The number of aliphatic carboxylic acids is 1. The molecule has 2 atom stereocenters. The maximum Gasteiger partial charge on any atom is 0.305 e. The third-order valence-electron chi connectivity index (χ3n) is 2.34. The van der Waals surface area contributed by atoms with Crippen molar-refractivity contribution in [3.63, 3.8) is 0 Å². The lowest BCUT2D eigenvalue weighted by Gasteiger charge is -2.26. The van der Waals surface area contributed by atoms with Gasteiger partial charge in [0.25, 0.3) is 0 Å². The average molecular weight is 202 g/mol. The van der Waals surface area contributed by atoms with E-state index in [0.717, 1.165) is 25.9 Å². The van der Waals surface area contributed by atoms with Gasteiger partial charge in [-0.3, -0.25) is 4.79 Å². The Balaban J connectivity index is 2.27. The van der Waals surface area contributed by atoms with Gasteiger partial charge in [-0.1, -0.05) is 6.92 Å². The van der Waals surface area contributed by atoms with Crippen molar-refractivity contribution < 1.29 is 19.4 Å². The molecule has 0 aromatic rings. The number of ether oxygens (including phenoxy) is 2. The van der Waals surface area contributed by atoms with Gasteiger partial charge in [-0.2, -0.15) is 0 Å². The monoisotopic (exact) mass is 202 g/mol. The third-order valence-corrected chi connectivity index (χ3v) is 2.34. The Hall–Kier alpha value is -0.610. The summed E-state index contributed by atoms with van der Waals surface area (Å²) in [5, 5.41) is 8.62. The highest BCUT2D eigenvalue weighted by atomic mass is 16.7. The van der Waals surface area contributed by atoms with E-state index in [1.807, 2.05) is 6.92 Å². The second kappa shape index (κ2) is 5.98. The first-order chi connectivity index (χ1) is 6.72. The zero-order chi connectivity index (χ0) is 10.4. The molecule has 4 heteroatoms. The molecule has 0 spiro atoms. The molecular formula is C10H18O4. The normalized spacial score (nSPS) is 24.5. The smallest absolute Gasteiger partial charge is 0.305 e. The van der Waals surface area contributed by atoms with E-state index in [-0.39, 0.29) is 18.8 Å². The highest BCUT2D eigenvalue weighted by Crippen LogP contribution is 2.17. The second-order valence-corrected chi connectivity index (χ2v) is 3.56. The van der Waals surface area contributed by atoms with Gasteiger partial charge in [0, 0.05) is 6.61 Å². The first kappa shape index (κ1) is 11.5. The lowest BCUT2D eigenvalue weighted by atomic mass is 10.2. The Kier molecular flexibility index (Phi) is 4.90. The van der Waals surface area contributed by atoms with Crippen LogP contribution in [0, 0.1) is 0 Å². The average Bonchev–Trinajstić information content (AvgIpc) is 2.17. The highest BCUT2D eigenvalue weighted by Gasteiger charge is 2.20. The molecule has 0 amide bonds. The van der Waals surface area contributed by atoms with Crippen LogP contribution in [0.4, 0.5) is 0 Å². The number of hydrogen-bond acceptors (Lipinski definition) is 3. The van der Waals surface area contributed by atoms with Crippen molar-refractivity contribution in [1.29, 1.82) is 0 Å². The van der Waals surface area contributed by atoms with Crippen LogP contribution in [-0.2, 0) is 14.3 Å². The fourth-order valence-corrected chi connectivity index (χ4v) is 1.52. The minimum atomic E-state index is -0.812. The van der Waals surface area contributed by atoms with Crippen molar-refractivity contribution >= 4 is 5.97 Å². The molecule has 0 bridgehead atoms. The highest BCUT2D eigenvalue weighted by molar-refractivity contribution is 5.67. The minimum absolute atomic E-state index is 0.0658. The Morgan fingerprint density at radius 3 is 2.93 bits per heavy atom. The number of carboxylic acids is 1. The van der Waals surface area contributed by atoms with Crippen LogP contribution in [0.2, 0.25) is 0 Å². The molecule has 1 saturated heterocycles. The molecule has 0 aliphatic carbocycles. The third kappa shape index (κ3) is 4.07. The Morgan fingerprint density at radius 1 is 1.64 bits per heavy atom. The summed E-state index contributed by atoms with van der Waals surface area (Å²) < 4.78 is 10.9. The Bertz CT molecular complexity index is 175. The predicted octanol–water partition coefficient (Wildman–Crippen LogP) is 1.78. The van der Waals surface area contributed by atoms with Crippen molar-refractivity contribution in [3.05, 3.63) is 0 Å². The van der Waals surface area contributed by atoms with E-state index in [0.29, 0.717) is 6.42 Å². The van der Waals surface area contributed by atoms with Crippen LogP contribution in [-0.4, -0.2) is 30.1 Å². The maximum atomic E-state index is 10.5. The molecule has 0 radical (unpaired) electrons. The van der Waals surface area contributed by atoms with Crippen LogP contribution < -0.4 is 0 Å². The number of carboxylic acid groups (broad SMARTS) is 1. The Labute approximate surface area is 84.2 Å². The second-order valence-electron chi connectivity index (χ2n) is 3.56.